The number of carbonyl (C=O) groups is 2. The van der Waals surface area contributed by atoms with E-state index in [1.54, 1.807) is 10.9 Å². The second kappa shape index (κ2) is 35.5. The number of aromatic nitrogens is 6. The van der Waals surface area contributed by atoms with Crippen molar-refractivity contribution in [3.63, 3.8) is 0 Å². The van der Waals surface area contributed by atoms with E-state index >= 15 is 0 Å². The molecule has 4 aromatic carbocycles. The number of benzene rings is 4. The molecule has 2 amide bonds. The molecule has 0 spiro atoms. The van der Waals surface area contributed by atoms with Crippen LogP contribution in [0.3, 0.4) is 0 Å². The van der Waals surface area contributed by atoms with E-state index < -0.39 is 71.8 Å². The van der Waals surface area contributed by atoms with Crippen molar-refractivity contribution in [2.45, 2.75) is 168 Å². The maximum atomic E-state index is 13.1. The molecule has 0 saturated carbocycles. The summed E-state index contributed by atoms with van der Waals surface area (Å²) in [6.07, 6.45) is 1.02. The SMILES string of the molecule is [2H]C[C@H]1O[C@@H](n2ccc(NC(=O)OCC3c4ccccc4-c4ccccc43)nc2=O)C[C@H]1OP(OCCC#N)N(C(C)C)C(C)C.[2H]C[C@H]1O[C@@H](n2cnc3c(NC(=O)OCC4c5ccccc5-c5ccccc54)ncnc32)C[C@H]1OP(OCCC#N)N(C(C)C)C(C)C.[3H]OC.[3H]OC. The summed E-state index contributed by atoms with van der Waals surface area (Å²) in [5.41, 5.74) is 9.25. The predicted octanol–water partition coefficient (Wildman–Crippen LogP) is 12.9. The van der Waals surface area contributed by atoms with Gasteiger partial charge >= 0.3 is 17.9 Å². The molecule has 8 atom stereocenters. The minimum Gasteiger partial charge on any atom is -0.448 e. The average molecular weight is 1360 g/mol. The maximum absolute atomic E-state index is 13.1. The summed E-state index contributed by atoms with van der Waals surface area (Å²) in [6, 6.07) is 38.7. The number of imidazole rings is 1. The molecule has 27 heteroatoms. The van der Waals surface area contributed by atoms with Crippen LogP contribution in [0.15, 0.2) is 127 Å². The van der Waals surface area contributed by atoms with E-state index in [-0.39, 0.29) is 101 Å². The topological polar surface area (TPSA) is 305 Å². The van der Waals surface area contributed by atoms with E-state index in [2.05, 4.69) is 126 Å². The fraction of sp³-hybridized carbons (Fsp3) is 0.464. The lowest BCUT2D eigenvalue weighted by molar-refractivity contribution is -0.00866. The average Bonchev–Trinajstić information content (AvgIpc) is 1.63. The van der Waals surface area contributed by atoms with Gasteiger partial charge in [0, 0.05) is 72.0 Å². The quantitative estimate of drug-likeness (QED) is 0.0323. The molecule has 11 rings (SSSR count). The molecule has 2 aliphatic heterocycles. The Hall–Kier alpha value is -7.71. The molecule has 2 saturated heterocycles. The summed E-state index contributed by atoms with van der Waals surface area (Å²) in [5, 5.41) is 30.4. The van der Waals surface area contributed by atoms with E-state index in [1.165, 1.54) is 37.4 Å². The van der Waals surface area contributed by atoms with Crippen LogP contribution in [-0.2, 0) is 37.0 Å². The molecule has 96 heavy (non-hydrogen) atoms. The predicted molar refractivity (Wildman–Crippen MR) is 366 cm³/mol. The molecule has 5 heterocycles. The van der Waals surface area contributed by atoms with Crippen LogP contribution < -0.4 is 16.3 Å². The first-order valence-corrected chi connectivity index (χ1v) is 34.0. The van der Waals surface area contributed by atoms with Gasteiger partial charge in [0.1, 0.15) is 37.8 Å². The highest BCUT2D eigenvalue weighted by Gasteiger charge is 2.42. The van der Waals surface area contributed by atoms with E-state index in [0.29, 0.717) is 24.0 Å². The van der Waals surface area contributed by atoms with Gasteiger partial charge in [-0.2, -0.15) is 15.5 Å². The largest absolute Gasteiger partial charge is 0.448 e. The maximum Gasteiger partial charge on any atom is 0.412 e. The van der Waals surface area contributed by atoms with Crippen molar-refractivity contribution in [3.8, 4) is 34.4 Å². The molecule has 25 nitrogen and oxygen atoms in total. The van der Waals surface area contributed by atoms with Crippen molar-refractivity contribution >= 4 is 52.0 Å². The number of aliphatic hydroxyl groups is 2. The second-order valence-corrected chi connectivity index (χ2v) is 26.4. The summed E-state index contributed by atoms with van der Waals surface area (Å²) in [4.78, 5) is 56.1. The van der Waals surface area contributed by atoms with Crippen LogP contribution in [0.2, 0.25) is 0 Å². The Kier molecular flexibility index (Phi) is 25.2. The number of rotatable bonds is 24. The number of anilines is 2. The lowest BCUT2D eigenvalue weighted by Crippen LogP contribution is -2.35. The van der Waals surface area contributed by atoms with Gasteiger partial charge in [-0.15, -0.1) is 0 Å². The second-order valence-electron chi connectivity index (χ2n) is 23.6. The van der Waals surface area contributed by atoms with Crippen molar-refractivity contribution < 1.29 is 59.6 Å². The summed E-state index contributed by atoms with van der Waals surface area (Å²) in [6.45, 7) is 17.2. The smallest absolute Gasteiger partial charge is 0.412 e. The highest BCUT2D eigenvalue weighted by Crippen LogP contribution is 2.52. The summed E-state index contributed by atoms with van der Waals surface area (Å²) >= 11 is 0. The van der Waals surface area contributed by atoms with Crippen LogP contribution in [0.25, 0.3) is 33.4 Å². The Balaban J connectivity index is 0.000000236. The number of hydrogen-bond acceptors (Lipinski definition) is 21. The standard InChI is InChI=1S/C34H40N7O5P.C33H40N5O6P.2CH4O/c1-21(2)41(22(3)4)47(44-16-10-15-35)46-29-17-30(45-23(29)5)40-20-38-31-32(36-19-37-33(31)40)39-34(42)43-18-28-26-13-8-6-11-24(26)25-12-7-9-14-27(25)28;1-21(2)38(22(3)4)45(42-18-10-16-34)44-29-19-31(43-23(29)5)37-17-15-30(35-32(37)39)36-33(40)41-20-28-26-13-8-6-11-24(26)25-12-7-9-14-27(25)28;2*1-2/h6-9,11-14,19-23,28-30H,10,16-18H2,1-5H3,(H,36,37,39,42);6-9,11-15,17,21-23,28-29,31H,10,18-20H2,1-5H3,(H,35,36,39,40);2*2H,1H3/t23-,29-,30-,47?;23-,29-,31-,45?;;/m11../s1/i2*5D;2*2T. The molecule has 2 fully saturated rings. The number of nitrogens with one attached hydrogen (secondary N) is 2. The van der Waals surface area contributed by atoms with Crippen molar-refractivity contribution in [2.75, 3.05) is 51.3 Å². The van der Waals surface area contributed by atoms with Gasteiger partial charge in [0.2, 0.25) is 2.86 Å². The molecule has 7 aromatic rings. The molecular weight excluding hydrogens is 1270 g/mol. The molecule has 512 valence electrons. The van der Waals surface area contributed by atoms with E-state index in [1.807, 2.05) is 88.4 Å². The third kappa shape index (κ3) is 17.7. The van der Waals surface area contributed by atoms with Crippen molar-refractivity contribution in [1.29, 1.82) is 13.4 Å². The van der Waals surface area contributed by atoms with Gasteiger partial charge in [-0.1, -0.05) is 97.1 Å². The van der Waals surface area contributed by atoms with Crippen LogP contribution in [-0.4, -0.2) is 153 Å². The Labute approximate surface area is 569 Å². The minimum atomic E-state index is -1.55. The van der Waals surface area contributed by atoms with Gasteiger partial charge < -0.3 is 47.3 Å². The van der Waals surface area contributed by atoms with E-state index in [0.717, 1.165) is 44.5 Å². The van der Waals surface area contributed by atoms with E-state index in [4.69, 9.17) is 53.2 Å². The van der Waals surface area contributed by atoms with Gasteiger partial charge in [-0.05, 0) is 120 Å². The normalized spacial score (nSPS) is 19.6. The molecular formula is C69H88N12O13P2. The monoisotopic (exact) mass is 1360 g/mol. The number of fused-ring (bicyclic) bond motifs is 7. The molecule has 3 aromatic heterocycles. The Bertz CT molecular complexity index is 3830. The molecule has 2 unspecified atom stereocenters. The van der Waals surface area contributed by atoms with Crippen LogP contribution >= 0.6 is 17.1 Å². The summed E-state index contributed by atoms with van der Waals surface area (Å²) < 4.78 is 83.8. The third-order valence-electron chi connectivity index (χ3n) is 16.1. The van der Waals surface area contributed by atoms with Gasteiger partial charge in [0.25, 0.3) is 17.1 Å². The summed E-state index contributed by atoms with van der Waals surface area (Å²) in [5.74, 6) is 0.112. The Morgan fingerprint density at radius 3 is 1.48 bits per heavy atom. The highest BCUT2D eigenvalue weighted by atomic mass is 31.2. The van der Waals surface area contributed by atoms with Gasteiger partial charge in [-0.3, -0.25) is 19.8 Å². The zero-order valence-electron chi connectivity index (χ0n) is 59.7. The molecule has 4 aliphatic rings. The zero-order valence-corrected chi connectivity index (χ0v) is 57.5. The van der Waals surface area contributed by atoms with Crippen molar-refractivity contribution in [3.05, 3.63) is 155 Å². The summed E-state index contributed by atoms with van der Waals surface area (Å²) in [7, 11) is -0.480. The van der Waals surface area contributed by atoms with Crippen molar-refractivity contribution in [2.24, 2.45) is 0 Å². The molecule has 0 bridgehead atoms. The number of amides is 2. The Morgan fingerprint density at radius 2 is 1.07 bits per heavy atom. The highest BCUT2D eigenvalue weighted by molar-refractivity contribution is 7.44. The zero-order chi connectivity index (χ0) is 72.0. The van der Waals surface area contributed by atoms with E-state index in [9.17, 15) is 14.4 Å². The fourth-order valence-corrected chi connectivity index (χ4v) is 15.6. The lowest BCUT2D eigenvalue weighted by atomic mass is 9.98. The van der Waals surface area contributed by atoms with Crippen LogP contribution in [0.4, 0.5) is 21.2 Å². The van der Waals surface area contributed by atoms with Gasteiger partial charge in [-0.25, -0.2) is 38.7 Å². The number of nitriles is 2. The third-order valence-corrected chi connectivity index (χ3v) is 20.4. The van der Waals surface area contributed by atoms with Gasteiger partial charge in [0.05, 0.1) is 68.9 Å². The Morgan fingerprint density at radius 1 is 0.656 bits per heavy atom. The minimum absolute atomic E-state index is 0.0118. The molecule has 0 radical (unpaired) electrons. The van der Waals surface area contributed by atoms with Crippen LogP contribution in [0.1, 0.15) is 144 Å². The number of carbonyl (C=O) groups excluding carboxylic acids is 2. The number of hydrogen-bond donors (Lipinski definition) is 4. The van der Waals surface area contributed by atoms with Gasteiger partial charge in [0.15, 0.2) is 17.0 Å². The first-order valence-electron chi connectivity index (χ1n) is 34.0. The lowest BCUT2D eigenvalue weighted by Gasteiger charge is -2.37. The fourth-order valence-electron chi connectivity index (χ4n) is 12.1. The molecule has 4 N–H and O–H groups in total. The number of ether oxygens (including phenoxy) is 4. The first-order chi connectivity index (χ1) is 48.3. The first kappa shape index (κ1) is 68.2. The van der Waals surface area contributed by atoms with Crippen LogP contribution in [0, 0.1) is 22.7 Å². The molecule has 2 aliphatic carbocycles. The van der Waals surface area contributed by atoms with Crippen LogP contribution in [0.5, 0.6) is 0 Å². The number of nitrogens with zero attached hydrogens (tertiary/aromatic N) is 10. The van der Waals surface area contributed by atoms with Crippen molar-refractivity contribution in [1.82, 2.24) is 38.4 Å². The number of aliphatic hydroxyl groups excluding tert-OH is 2.